The second-order valence-corrected chi connectivity index (χ2v) is 5.43. The van der Waals surface area contributed by atoms with Crippen LogP contribution in [-0.4, -0.2) is 11.4 Å². The van der Waals surface area contributed by atoms with Gasteiger partial charge in [-0.15, -0.1) is 0 Å². The molecule has 3 nitrogen and oxygen atoms in total. The van der Waals surface area contributed by atoms with Crippen LogP contribution in [0.1, 0.15) is 45.2 Å². The molecule has 0 bridgehead atoms. The number of benzene rings is 1. The number of carbonyl (C=O) groups is 1. The standard InChI is InChI=1S/C14H21BrN2O/c1-4-14(16,5-2)13(18)17-10(3)11-8-6-7-9-12(11)15/h6-10H,4-5,16H2,1-3H3,(H,17,18). The fraction of sp³-hybridized carbons (Fsp3) is 0.500. The first-order valence-electron chi connectivity index (χ1n) is 6.29. The number of nitrogens with one attached hydrogen (secondary N) is 1. The predicted molar refractivity (Wildman–Crippen MR) is 78.2 cm³/mol. The second-order valence-electron chi connectivity index (χ2n) is 4.58. The second kappa shape index (κ2) is 6.34. The van der Waals surface area contributed by atoms with Crippen LogP contribution in [0.3, 0.4) is 0 Å². The lowest BCUT2D eigenvalue weighted by molar-refractivity contribution is -0.127. The summed E-state index contributed by atoms with van der Waals surface area (Å²) >= 11 is 3.49. The van der Waals surface area contributed by atoms with Gasteiger partial charge in [0.05, 0.1) is 11.6 Å². The Balaban J connectivity index is 2.80. The molecule has 1 rings (SSSR count). The van der Waals surface area contributed by atoms with E-state index in [9.17, 15) is 4.79 Å². The van der Waals surface area contributed by atoms with Gasteiger partial charge in [-0.05, 0) is 31.4 Å². The van der Waals surface area contributed by atoms with Gasteiger partial charge in [0.1, 0.15) is 0 Å². The fourth-order valence-electron chi connectivity index (χ4n) is 1.82. The molecule has 0 aromatic heterocycles. The summed E-state index contributed by atoms with van der Waals surface area (Å²) in [7, 11) is 0. The molecule has 1 aromatic carbocycles. The van der Waals surface area contributed by atoms with E-state index in [2.05, 4.69) is 21.2 Å². The molecule has 1 aromatic rings. The zero-order valence-corrected chi connectivity index (χ0v) is 12.8. The largest absolute Gasteiger partial charge is 0.348 e. The Bertz CT molecular complexity index is 416. The molecular formula is C14H21BrN2O. The van der Waals surface area contributed by atoms with E-state index in [0.29, 0.717) is 12.8 Å². The van der Waals surface area contributed by atoms with Crippen LogP contribution < -0.4 is 11.1 Å². The highest BCUT2D eigenvalue weighted by Crippen LogP contribution is 2.23. The number of nitrogens with two attached hydrogens (primary N) is 1. The van der Waals surface area contributed by atoms with Gasteiger partial charge in [-0.1, -0.05) is 48.0 Å². The van der Waals surface area contributed by atoms with Crippen LogP contribution in [0.5, 0.6) is 0 Å². The highest BCUT2D eigenvalue weighted by atomic mass is 79.9. The summed E-state index contributed by atoms with van der Waals surface area (Å²) in [5.74, 6) is -0.0873. The lowest BCUT2D eigenvalue weighted by Crippen LogP contribution is -2.53. The van der Waals surface area contributed by atoms with Gasteiger partial charge in [0.15, 0.2) is 0 Å². The van der Waals surface area contributed by atoms with Crippen molar-refractivity contribution in [1.82, 2.24) is 5.32 Å². The molecule has 100 valence electrons. The van der Waals surface area contributed by atoms with E-state index < -0.39 is 5.54 Å². The monoisotopic (exact) mass is 312 g/mol. The number of carbonyl (C=O) groups excluding carboxylic acids is 1. The van der Waals surface area contributed by atoms with E-state index in [1.807, 2.05) is 45.0 Å². The van der Waals surface area contributed by atoms with Gasteiger partial charge >= 0.3 is 0 Å². The van der Waals surface area contributed by atoms with Gasteiger partial charge in [-0.25, -0.2) is 0 Å². The summed E-state index contributed by atoms with van der Waals surface area (Å²) in [6, 6.07) is 7.80. The zero-order chi connectivity index (χ0) is 13.8. The molecule has 1 atom stereocenters. The van der Waals surface area contributed by atoms with Crippen molar-refractivity contribution < 1.29 is 4.79 Å². The van der Waals surface area contributed by atoms with Crippen molar-refractivity contribution in [3.63, 3.8) is 0 Å². The Morgan fingerprint density at radius 2 is 1.94 bits per heavy atom. The van der Waals surface area contributed by atoms with E-state index in [-0.39, 0.29) is 11.9 Å². The van der Waals surface area contributed by atoms with Gasteiger partial charge in [0.2, 0.25) is 5.91 Å². The average molecular weight is 313 g/mol. The number of amides is 1. The first-order valence-corrected chi connectivity index (χ1v) is 7.08. The SMILES string of the molecule is CCC(N)(CC)C(=O)NC(C)c1ccccc1Br. The van der Waals surface area contributed by atoms with Crippen LogP contribution in [0, 0.1) is 0 Å². The van der Waals surface area contributed by atoms with E-state index in [0.717, 1.165) is 10.0 Å². The number of halogens is 1. The Morgan fingerprint density at radius 3 is 2.44 bits per heavy atom. The normalized spacial score (nSPS) is 13.2. The highest BCUT2D eigenvalue weighted by Gasteiger charge is 2.30. The van der Waals surface area contributed by atoms with Crippen LogP contribution in [0.25, 0.3) is 0 Å². The van der Waals surface area contributed by atoms with Gasteiger partial charge in [-0.3, -0.25) is 4.79 Å². The molecular weight excluding hydrogens is 292 g/mol. The fourth-order valence-corrected chi connectivity index (χ4v) is 2.44. The Labute approximate surface area is 117 Å². The van der Waals surface area contributed by atoms with Crippen molar-refractivity contribution >= 4 is 21.8 Å². The molecule has 0 aliphatic heterocycles. The molecule has 0 saturated heterocycles. The van der Waals surface area contributed by atoms with Crippen molar-refractivity contribution in [2.75, 3.05) is 0 Å². The summed E-state index contributed by atoms with van der Waals surface area (Å²) in [4.78, 5) is 12.2. The first kappa shape index (κ1) is 15.2. The van der Waals surface area contributed by atoms with E-state index >= 15 is 0 Å². The molecule has 0 spiro atoms. The Kier molecular flexibility index (Phi) is 5.35. The molecule has 1 amide bonds. The lowest BCUT2D eigenvalue weighted by atomic mass is 9.92. The maximum atomic E-state index is 12.2. The third kappa shape index (κ3) is 3.33. The van der Waals surface area contributed by atoms with Gasteiger partial charge in [0.25, 0.3) is 0 Å². The summed E-state index contributed by atoms with van der Waals surface area (Å²) in [5.41, 5.74) is 6.37. The third-order valence-corrected chi connectivity index (χ3v) is 4.16. The molecule has 0 fully saturated rings. The highest BCUT2D eigenvalue weighted by molar-refractivity contribution is 9.10. The summed E-state index contributed by atoms with van der Waals surface area (Å²) < 4.78 is 0.994. The summed E-state index contributed by atoms with van der Waals surface area (Å²) in [5, 5.41) is 2.99. The van der Waals surface area contributed by atoms with Crippen molar-refractivity contribution in [3.8, 4) is 0 Å². The summed E-state index contributed by atoms with van der Waals surface area (Å²) in [6.45, 7) is 5.84. The molecule has 0 aliphatic rings. The maximum Gasteiger partial charge on any atom is 0.240 e. The van der Waals surface area contributed by atoms with Crippen molar-refractivity contribution in [2.45, 2.75) is 45.2 Å². The molecule has 0 radical (unpaired) electrons. The predicted octanol–water partition coefficient (Wildman–Crippen LogP) is 3.14. The van der Waals surface area contributed by atoms with Gasteiger partial charge in [0, 0.05) is 4.47 Å². The topological polar surface area (TPSA) is 55.1 Å². The lowest BCUT2D eigenvalue weighted by Gasteiger charge is -2.27. The number of rotatable bonds is 5. The minimum atomic E-state index is -0.768. The van der Waals surface area contributed by atoms with E-state index in [1.54, 1.807) is 0 Å². The van der Waals surface area contributed by atoms with Crippen LogP contribution in [0.15, 0.2) is 28.7 Å². The van der Waals surface area contributed by atoms with Crippen molar-refractivity contribution in [1.29, 1.82) is 0 Å². The number of hydrogen-bond acceptors (Lipinski definition) is 2. The molecule has 1 unspecified atom stereocenters. The maximum absolute atomic E-state index is 12.2. The Morgan fingerprint density at radius 1 is 1.39 bits per heavy atom. The quantitative estimate of drug-likeness (QED) is 0.877. The van der Waals surface area contributed by atoms with Crippen LogP contribution in [0.4, 0.5) is 0 Å². The summed E-state index contributed by atoms with van der Waals surface area (Å²) in [6.07, 6.45) is 1.27. The van der Waals surface area contributed by atoms with Gasteiger partial charge < -0.3 is 11.1 Å². The van der Waals surface area contributed by atoms with Crippen LogP contribution in [-0.2, 0) is 4.79 Å². The number of hydrogen-bond donors (Lipinski definition) is 2. The molecule has 0 saturated carbocycles. The molecule has 3 N–H and O–H groups in total. The van der Waals surface area contributed by atoms with Gasteiger partial charge in [-0.2, -0.15) is 0 Å². The molecule has 0 aliphatic carbocycles. The third-order valence-electron chi connectivity index (χ3n) is 3.43. The van der Waals surface area contributed by atoms with Crippen LogP contribution >= 0.6 is 15.9 Å². The van der Waals surface area contributed by atoms with Crippen molar-refractivity contribution in [2.24, 2.45) is 5.73 Å². The smallest absolute Gasteiger partial charge is 0.240 e. The Hall–Kier alpha value is -0.870. The van der Waals surface area contributed by atoms with Crippen molar-refractivity contribution in [3.05, 3.63) is 34.3 Å². The average Bonchev–Trinajstić information content (AvgIpc) is 2.38. The van der Waals surface area contributed by atoms with E-state index in [1.165, 1.54) is 0 Å². The molecule has 4 heteroatoms. The molecule has 18 heavy (non-hydrogen) atoms. The van der Waals surface area contributed by atoms with E-state index in [4.69, 9.17) is 5.73 Å². The minimum absolute atomic E-state index is 0.0610. The van der Waals surface area contributed by atoms with Crippen LogP contribution in [0.2, 0.25) is 0 Å². The first-order chi connectivity index (χ1) is 8.44. The zero-order valence-electron chi connectivity index (χ0n) is 11.2. The minimum Gasteiger partial charge on any atom is -0.348 e. The molecule has 0 heterocycles.